The smallest absolute Gasteiger partial charge is 0.387 e. The summed E-state index contributed by atoms with van der Waals surface area (Å²) in [4.78, 5) is 34.7. The maximum absolute atomic E-state index is 13.2. The van der Waals surface area contributed by atoms with E-state index < -0.39 is 30.0 Å². The van der Waals surface area contributed by atoms with E-state index in [0.29, 0.717) is 25.4 Å². The first-order chi connectivity index (χ1) is 22.2. The minimum Gasteiger partial charge on any atom is -0.387 e. The number of piperazine rings is 1. The largest absolute Gasteiger partial charge is 0.395 e. The Morgan fingerprint density at radius 1 is 1.15 bits per heavy atom. The molecule has 3 aliphatic heterocycles. The molecule has 2 aliphatic carbocycles. The van der Waals surface area contributed by atoms with Crippen molar-refractivity contribution in [3.8, 4) is 0 Å². The summed E-state index contributed by atoms with van der Waals surface area (Å²) in [5.74, 6) is -1.48. The minimum absolute atomic E-state index is 0.0356. The molecule has 9 nitrogen and oxygen atoms in total. The SMILES string of the molecule is C=C(N(C)C(/C=C\C)C1(O)CCC(N2CCC3C2CCN3C(=O)CNC(=O)C2=CC=C[C@H](C(F)(F)F)C2)CC1)[N+]1(C)CCN(C)CC1. The highest BCUT2D eigenvalue weighted by atomic mass is 19.4. The summed E-state index contributed by atoms with van der Waals surface area (Å²) in [6, 6.07) is 0.455. The maximum atomic E-state index is 13.2. The molecule has 5 rings (SSSR count). The van der Waals surface area contributed by atoms with Crippen LogP contribution in [-0.4, -0.2) is 144 Å². The zero-order valence-corrected chi connectivity index (χ0v) is 28.5. The van der Waals surface area contributed by atoms with E-state index in [9.17, 15) is 27.9 Å². The number of carbonyl (C=O) groups excluding carboxylic acids is 2. The van der Waals surface area contributed by atoms with Crippen LogP contribution in [0.2, 0.25) is 0 Å². The second-order valence-corrected chi connectivity index (χ2v) is 14.6. The molecule has 5 aliphatic rings. The molecule has 3 saturated heterocycles. The standard InChI is InChI=1S/C35H53F3N6O3/c1-6-8-31(41(4)25(2)44(5)21-19-40(3)20-22-44)34(47)15-11-28(12-16-34)42-17-13-30-29(42)14-18-43(30)32(45)24-39-33(46)26-9-7-10-27(23-26)35(36,37)38/h6-10,27-31,47H,2,11-24H2,1,3-5H3/p+1/b8-6-/t27-,28?,29?,30?,31?,34?/m0/s1. The van der Waals surface area contributed by atoms with Crippen molar-refractivity contribution in [1.82, 2.24) is 24.9 Å². The summed E-state index contributed by atoms with van der Waals surface area (Å²) in [6.45, 7) is 11.8. The number of likely N-dealkylation sites (tertiary alicyclic amines) is 2. The van der Waals surface area contributed by atoms with Crippen molar-refractivity contribution in [2.24, 2.45) is 5.92 Å². The lowest BCUT2D eigenvalue weighted by Gasteiger charge is -2.50. The molecule has 3 heterocycles. The summed E-state index contributed by atoms with van der Waals surface area (Å²) in [6.07, 6.45) is 7.83. The second-order valence-electron chi connectivity index (χ2n) is 14.6. The summed E-state index contributed by atoms with van der Waals surface area (Å²) >= 11 is 0. The predicted octanol–water partition coefficient (Wildman–Crippen LogP) is 3.26. The highest BCUT2D eigenvalue weighted by Crippen LogP contribution is 2.42. The molecule has 4 atom stereocenters. The average Bonchev–Trinajstić information content (AvgIpc) is 3.66. The van der Waals surface area contributed by atoms with Crippen LogP contribution in [0, 0.1) is 5.92 Å². The molecule has 2 N–H and O–H groups in total. The number of carbonyl (C=O) groups is 2. The number of halogens is 3. The van der Waals surface area contributed by atoms with Crippen molar-refractivity contribution < 1.29 is 32.3 Å². The summed E-state index contributed by atoms with van der Waals surface area (Å²) in [5, 5.41) is 14.7. The monoisotopic (exact) mass is 663 g/mol. The van der Waals surface area contributed by atoms with Crippen LogP contribution in [0.4, 0.5) is 13.2 Å². The van der Waals surface area contributed by atoms with Crippen LogP contribution in [0.1, 0.15) is 51.9 Å². The minimum atomic E-state index is -4.41. The van der Waals surface area contributed by atoms with Crippen LogP contribution in [0.25, 0.3) is 0 Å². The van der Waals surface area contributed by atoms with Crippen molar-refractivity contribution in [2.45, 2.75) is 87.8 Å². The molecule has 47 heavy (non-hydrogen) atoms. The Balaban J connectivity index is 1.14. The molecule has 4 fully saturated rings. The van der Waals surface area contributed by atoms with E-state index in [0.717, 1.165) is 74.8 Å². The lowest BCUT2D eigenvalue weighted by molar-refractivity contribution is -0.885. The Hall–Kier alpha value is -2.67. The van der Waals surface area contributed by atoms with Crippen molar-refractivity contribution >= 4 is 11.8 Å². The molecular weight excluding hydrogens is 609 g/mol. The number of allylic oxidation sites excluding steroid dienone is 4. The molecule has 0 radical (unpaired) electrons. The summed E-state index contributed by atoms with van der Waals surface area (Å²) in [5.41, 5.74) is -0.834. The maximum Gasteiger partial charge on any atom is 0.395 e. The van der Waals surface area contributed by atoms with Crippen LogP contribution in [-0.2, 0) is 9.59 Å². The third-order valence-corrected chi connectivity index (χ3v) is 11.7. The van der Waals surface area contributed by atoms with Gasteiger partial charge >= 0.3 is 6.18 Å². The Morgan fingerprint density at radius 3 is 2.45 bits per heavy atom. The van der Waals surface area contributed by atoms with Crippen LogP contribution in [0.5, 0.6) is 0 Å². The molecule has 1 saturated carbocycles. The average molecular weight is 664 g/mol. The fourth-order valence-corrected chi connectivity index (χ4v) is 8.61. The van der Waals surface area contributed by atoms with E-state index in [2.05, 4.69) is 53.8 Å². The first-order valence-electron chi connectivity index (χ1n) is 17.2. The Labute approximate surface area is 278 Å². The van der Waals surface area contributed by atoms with Gasteiger partial charge in [0.1, 0.15) is 0 Å². The third kappa shape index (κ3) is 7.50. The van der Waals surface area contributed by atoms with Crippen LogP contribution in [0.15, 0.2) is 48.4 Å². The molecule has 0 aromatic heterocycles. The molecule has 3 unspecified atom stereocenters. The number of likely N-dealkylation sites (N-methyl/N-ethyl adjacent to an activating group) is 3. The number of alkyl halides is 3. The van der Waals surface area contributed by atoms with E-state index >= 15 is 0 Å². The zero-order valence-electron chi connectivity index (χ0n) is 28.5. The first-order valence-corrected chi connectivity index (χ1v) is 17.2. The molecule has 0 spiro atoms. The lowest BCUT2D eigenvalue weighted by atomic mass is 9.76. The summed E-state index contributed by atoms with van der Waals surface area (Å²) < 4.78 is 40.2. The quantitative estimate of drug-likeness (QED) is 0.292. The lowest BCUT2D eigenvalue weighted by Crippen LogP contribution is -2.61. The van der Waals surface area contributed by atoms with Gasteiger partial charge < -0.3 is 20.2 Å². The van der Waals surface area contributed by atoms with Crippen LogP contribution < -0.4 is 5.32 Å². The van der Waals surface area contributed by atoms with E-state index in [-0.39, 0.29) is 36.2 Å². The van der Waals surface area contributed by atoms with Gasteiger partial charge in [-0.3, -0.25) is 23.9 Å². The fraction of sp³-hybridized carbons (Fsp3) is 0.714. The number of aliphatic hydroxyl groups is 1. The molecule has 12 heteroatoms. The van der Waals surface area contributed by atoms with Crippen LogP contribution >= 0.6 is 0 Å². The Kier molecular flexibility index (Phi) is 10.7. The molecular formula is C35H54F3N6O3+. The zero-order chi connectivity index (χ0) is 34.1. The highest BCUT2D eigenvalue weighted by molar-refractivity contribution is 5.96. The van der Waals surface area contributed by atoms with Gasteiger partial charge in [-0.25, -0.2) is 0 Å². The van der Waals surface area contributed by atoms with Crippen molar-refractivity contribution in [2.75, 3.05) is 67.0 Å². The van der Waals surface area contributed by atoms with Gasteiger partial charge in [-0.05, 0) is 65.5 Å². The number of nitrogens with zero attached hydrogens (tertiary/aromatic N) is 5. The van der Waals surface area contributed by atoms with E-state index in [1.165, 1.54) is 12.2 Å². The summed E-state index contributed by atoms with van der Waals surface area (Å²) in [7, 11) is 6.46. The van der Waals surface area contributed by atoms with Gasteiger partial charge in [0.25, 0.3) is 0 Å². The second kappa shape index (κ2) is 14.1. The number of hydrogen-bond acceptors (Lipinski definition) is 6. The van der Waals surface area contributed by atoms with Gasteiger partial charge in [0, 0.05) is 56.9 Å². The molecule has 2 amide bonds. The number of rotatable bonds is 9. The first kappa shape index (κ1) is 35.6. The molecule has 0 aromatic rings. The van der Waals surface area contributed by atoms with Crippen LogP contribution in [0.3, 0.4) is 0 Å². The van der Waals surface area contributed by atoms with Gasteiger partial charge in [0.05, 0.1) is 44.2 Å². The van der Waals surface area contributed by atoms with Gasteiger partial charge in [-0.1, -0.05) is 30.4 Å². The van der Waals surface area contributed by atoms with E-state index in [4.69, 9.17) is 0 Å². The van der Waals surface area contributed by atoms with E-state index in [1.807, 2.05) is 17.9 Å². The third-order valence-electron chi connectivity index (χ3n) is 11.7. The van der Waals surface area contributed by atoms with Gasteiger partial charge in [-0.15, -0.1) is 0 Å². The Morgan fingerprint density at radius 2 is 1.81 bits per heavy atom. The predicted molar refractivity (Wildman–Crippen MR) is 176 cm³/mol. The van der Waals surface area contributed by atoms with Gasteiger partial charge in [-0.2, -0.15) is 13.2 Å². The fourth-order valence-electron chi connectivity index (χ4n) is 8.61. The highest BCUT2D eigenvalue weighted by Gasteiger charge is 2.50. The number of amides is 2. The molecule has 262 valence electrons. The number of quaternary nitrogens is 1. The van der Waals surface area contributed by atoms with Crippen molar-refractivity contribution in [3.63, 3.8) is 0 Å². The van der Waals surface area contributed by atoms with Gasteiger partial charge in [0.2, 0.25) is 11.8 Å². The topological polar surface area (TPSA) is 79.4 Å². The Bertz CT molecular complexity index is 1270. The number of nitrogens with one attached hydrogen (secondary N) is 1. The van der Waals surface area contributed by atoms with Gasteiger partial charge in [0.15, 0.2) is 5.82 Å². The van der Waals surface area contributed by atoms with Crippen molar-refractivity contribution in [3.05, 3.63) is 48.4 Å². The molecule has 0 aromatic carbocycles. The molecule has 0 bridgehead atoms. The number of fused-ring (bicyclic) bond motifs is 1. The normalized spacial score (nSPS) is 32.3. The number of hydrogen-bond donors (Lipinski definition) is 2. The van der Waals surface area contributed by atoms with Crippen molar-refractivity contribution in [1.29, 1.82) is 0 Å². The van der Waals surface area contributed by atoms with E-state index in [1.54, 1.807) is 0 Å².